The van der Waals surface area contributed by atoms with Gasteiger partial charge in [0, 0.05) is 11.1 Å². The number of aryl methyl sites for hydroxylation is 1. The molecule has 0 saturated heterocycles. The minimum absolute atomic E-state index is 0.169. The first kappa shape index (κ1) is 16.4. The molecule has 1 aromatic carbocycles. The van der Waals surface area contributed by atoms with Crippen molar-refractivity contribution in [3.8, 4) is 5.75 Å². The van der Waals surface area contributed by atoms with E-state index in [1.807, 2.05) is 12.3 Å². The first-order valence-corrected chi connectivity index (χ1v) is 9.93. The van der Waals surface area contributed by atoms with Gasteiger partial charge in [-0.3, -0.25) is 0 Å². The predicted molar refractivity (Wildman–Crippen MR) is 90.3 cm³/mol. The molecule has 2 aromatic rings. The van der Waals surface area contributed by atoms with Crippen LogP contribution in [-0.4, -0.2) is 20.5 Å². The fourth-order valence-corrected chi connectivity index (χ4v) is 5.74. The van der Waals surface area contributed by atoms with Crippen LogP contribution < -0.4 is 9.46 Å². The van der Waals surface area contributed by atoms with Gasteiger partial charge in [0.2, 0.25) is 10.0 Å². The van der Waals surface area contributed by atoms with Crippen molar-refractivity contribution in [3.05, 3.63) is 40.3 Å². The molecule has 1 saturated carbocycles. The van der Waals surface area contributed by atoms with Crippen molar-refractivity contribution in [1.82, 2.24) is 9.71 Å². The van der Waals surface area contributed by atoms with Crippen molar-refractivity contribution in [2.75, 3.05) is 7.11 Å². The van der Waals surface area contributed by atoms with Crippen LogP contribution in [0, 0.1) is 6.92 Å². The number of sulfonamides is 1. The summed E-state index contributed by atoms with van der Waals surface area (Å²) < 4.78 is 34.0. The molecule has 0 spiro atoms. The van der Waals surface area contributed by atoms with Gasteiger partial charge in [0.15, 0.2) is 0 Å². The Bertz CT molecular complexity index is 793. The summed E-state index contributed by atoms with van der Waals surface area (Å²) in [7, 11) is -2.22. The second-order valence-corrected chi connectivity index (χ2v) is 8.35. The van der Waals surface area contributed by atoms with Crippen molar-refractivity contribution in [1.29, 1.82) is 0 Å². The van der Waals surface area contributed by atoms with Gasteiger partial charge in [-0.1, -0.05) is 25.0 Å². The Hall–Kier alpha value is -1.44. The maximum atomic E-state index is 12.9. The zero-order chi connectivity index (χ0) is 16.5. The molecule has 0 unspecified atom stereocenters. The van der Waals surface area contributed by atoms with E-state index in [-0.39, 0.29) is 4.90 Å². The van der Waals surface area contributed by atoms with Crippen LogP contribution in [-0.2, 0) is 15.6 Å². The van der Waals surface area contributed by atoms with Crippen molar-refractivity contribution in [3.63, 3.8) is 0 Å². The van der Waals surface area contributed by atoms with Crippen LogP contribution in [0.3, 0.4) is 0 Å². The Balaban J connectivity index is 2.00. The number of nitrogens with zero attached hydrogens (tertiary/aromatic N) is 1. The standard InChI is InChI=1S/C16H20N2O3S2/c1-12-11-22-15(17-12)16(9-5-6-10-16)18-23(19,20)14-8-4-3-7-13(14)21-2/h3-4,7-8,11,18H,5-6,9-10H2,1-2H3. The molecule has 0 bridgehead atoms. The van der Waals surface area contributed by atoms with E-state index in [9.17, 15) is 8.42 Å². The summed E-state index contributed by atoms with van der Waals surface area (Å²) in [5.41, 5.74) is 0.325. The lowest BCUT2D eigenvalue weighted by Gasteiger charge is -2.28. The number of hydrogen-bond donors (Lipinski definition) is 1. The molecule has 0 amide bonds. The lowest BCUT2D eigenvalue weighted by atomic mass is 10.0. The van der Waals surface area contributed by atoms with Crippen molar-refractivity contribution >= 4 is 21.4 Å². The van der Waals surface area contributed by atoms with Gasteiger partial charge in [0.25, 0.3) is 0 Å². The van der Waals surface area contributed by atoms with Crippen LogP contribution in [0.4, 0.5) is 0 Å². The maximum Gasteiger partial charge on any atom is 0.245 e. The van der Waals surface area contributed by atoms with Gasteiger partial charge in [-0.05, 0) is 31.9 Å². The second-order valence-electron chi connectivity index (χ2n) is 5.84. The molecule has 0 radical (unpaired) electrons. The molecule has 124 valence electrons. The number of benzene rings is 1. The summed E-state index contributed by atoms with van der Waals surface area (Å²) in [5.74, 6) is 0.350. The van der Waals surface area contributed by atoms with Crippen molar-refractivity contribution in [2.45, 2.75) is 43.0 Å². The number of nitrogens with one attached hydrogen (secondary N) is 1. The zero-order valence-corrected chi connectivity index (χ0v) is 14.8. The summed E-state index contributed by atoms with van der Waals surface area (Å²) >= 11 is 1.52. The number of ether oxygens (including phenoxy) is 1. The third kappa shape index (κ3) is 3.13. The van der Waals surface area contributed by atoms with Crippen LogP contribution in [0.15, 0.2) is 34.5 Å². The van der Waals surface area contributed by atoms with Crippen LogP contribution in [0.25, 0.3) is 0 Å². The average Bonchev–Trinajstić information content (AvgIpc) is 3.17. The molecule has 5 nitrogen and oxygen atoms in total. The molecule has 1 fully saturated rings. The highest BCUT2D eigenvalue weighted by molar-refractivity contribution is 7.89. The van der Waals surface area contributed by atoms with E-state index < -0.39 is 15.6 Å². The van der Waals surface area contributed by atoms with E-state index in [0.29, 0.717) is 5.75 Å². The van der Waals surface area contributed by atoms with Crippen LogP contribution in [0.5, 0.6) is 5.75 Å². The minimum Gasteiger partial charge on any atom is -0.495 e. The number of thiazole rings is 1. The summed E-state index contributed by atoms with van der Waals surface area (Å²) in [6.07, 6.45) is 3.53. The van der Waals surface area contributed by atoms with E-state index >= 15 is 0 Å². The van der Waals surface area contributed by atoms with E-state index in [1.54, 1.807) is 24.3 Å². The summed E-state index contributed by atoms with van der Waals surface area (Å²) in [5, 5.41) is 2.82. The Morgan fingerprint density at radius 1 is 1.26 bits per heavy atom. The average molecular weight is 352 g/mol. The van der Waals surface area contributed by atoms with Gasteiger partial charge < -0.3 is 4.74 Å². The van der Waals surface area contributed by atoms with E-state index in [1.165, 1.54) is 18.4 Å². The van der Waals surface area contributed by atoms with Gasteiger partial charge in [-0.25, -0.2) is 13.4 Å². The number of methoxy groups -OCH3 is 1. The smallest absolute Gasteiger partial charge is 0.245 e. The molecule has 1 aliphatic rings. The summed E-state index contributed by atoms with van der Waals surface area (Å²) in [4.78, 5) is 4.71. The molecule has 7 heteroatoms. The highest BCUT2D eigenvalue weighted by atomic mass is 32.2. The highest BCUT2D eigenvalue weighted by Crippen LogP contribution is 2.41. The Morgan fingerprint density at radius 2 is 1.96 bits per heavy atom. The highest BCUT2D eigenvalue weighted by Gasteiger charge is 2.42. The summed E-state index contributed by atoms with van der Waals surface area (Å²) in [6.45, 7) is 1.93. The monoisotopic (exact) mass is 352 g/mol. The molecular formula is C16H20N2O3S2. The third-order valence-corrected chi connectivity index (χ3v) is 6.91. The van der Waals surface area contributed by atoms with Crippen molar-refractivity contribution < 1.29 is 13.2 Å². The fourth-order valence-electron chi connectivity index (χ4n) is 3.06. The molecule has 3 rings (SSSR count). The lowest BCUT2D eigenvalue weighted by molar-refractivity contribution is 0.390. The predicted octanol–water partition coefficient (Wildman–Crippen LogP) is 3.21. The molecule has 1 aliphatic carbocycles. The van der Waals surface area contributed by atoms with Gasteiger partial charge in [-0.2, -0.15) is 4.72 Å². The normalized spacial score (nSPS) is 17.3. The van der Waals surface area contributed by atoms with Crippen molar-refractivity contribution in [2.24, 2.45) is 0 Å². The number of para-hydroxylation sites is 1. The van der Waals surface area contributed by atoms with Crippen LogP contribution in [0.1, 0.15) is 36.4 Å². The zero-order valence-electron chi connectivity index (χ0n) is 13.2. The van der Waals surface area contributed by atoms with Gasteiger partial charge in [0.05, 0.1) is 12.6 Å². The fraction of sp³-hybridized carbons (Fsp3) is 0.438. The lowest BCUT2D eigenvalue weighted by Crippen LogP contribution is -2.43. The van der Waals surface area contributed by atoms with Crippen LogP contribution in [0.2, 0.25) is 0 Å². The largest absolute Gasteiger partial charge is 0.495 e. The molecule has 0 aliphatic heterocycles. The Kier molecular flexibility index (Phi) is 4.44. The molecule has 1 heterocycles. The van der Waals surface area contributed by atoms with Crippen LogP contribution >= 0.6 is 11.3 Å². The first-order valence-electron chi connectivity index (χ1n) is 7.56. The molecule has 1 N–H and O–H groups in total. The van der Waals surface area contributed by atoms with Gasteiger partial charge in [0.1, 0.15) is 15.7 Å². The molecule has 1 aromatic heterocycles. The quantitative estimate of drug-likeness (QED) is 0.897. The molecular weight excluding hydrogens is 332 g/mol. The number of hydrogen-bond acceptors (Lipinski definition) is 5. The number of aromatic nitrogens is 1. The Labute approximate surface area is 140 Å². The first-order chi connectivity index (χ1) is 11.0. The Morgan fingerprint density at radius 3 is 2.57 bits per heavy atom. The topological polar surface area (TPSA) is 68.3 Å². The SMILES string of the molecule is COc1ccccc1S(=O)(=O)NC1(c2nc(C)cs2)CCCC1. The van der Waals surface area contributed by atoms with E-state index in [0.717, 1.165) is 36.4 Å². The van der Waals surface area contributed by atoms with E-state index in [4.69, 9.17) is 4.74 Å². The maximum absolute atomic E-state index is 12.9. The minimum atomic E-state index is -3.69. The van der Waals surface area contributed by atoms with E-state index in [2.05, 4.69) is 9.71 Å². The molecule has 23 heavy (non-hydrogen) atoms. The number of rotatable bonds is 5. The van der Waals surface area contributed by atoms with Gasteiger partial charge >= 0.3 is 0 Å². The third-order valence-electron chi connectivity index (χ3n) is 4.17. The summed E-state index contributed by atoms with van der Waals surface area (Å²) in [6, 6.07) is 6.68. The molecule has 0 atom stereocenters. The second kappa shape index (κ2) is 6.22. The van der Waals surface area contributed by atoms with Gasteiger partial charge in [-0.15, -0.1) is 11.3 Å².